The summed E-state index contributed by atoms with van der Waals surface area (Å²) >= 11 is 0. The van der Waals surface area contributed by atoms with Crippen molar-refractivity contribution in [2.45, 2.75) is 37.2 Å². The molecule has 0 aromatic heterocycles. The largest absolute Gasteiger partial charge is 0.451 e. The Hall–Kier alpha value is -0.225. The van der Waals surface area contributed by atoms with Gasteiger partial charge in [-0.25, -0.2) is 0 Å². The minimum absolute atomic E-state index is 0.0882. The van der Waals surface area contributed by atoms with E-state index in [-0.39, 0.29) is 17.5 Å². The van der Waals surface area contributed by atoms with E-state index in [1.54, 1.807) is 4.31 Å². The van der Waals surface area contributed by atoms with E-state index in [4.69, 9.17) is 15.8 Å². The second-order valence-electron chi connectivity index (χ2n) is 6.81. The van der Waals surface area contributed by atoms with Gasteiger partial charge in [-0.1, -0.05) is 6.42 Å². The minimum Gasteiger partial charge on any atom is -0.427 e. The lowest BCUT2D eigenvalue weighted by Gasteiger charge is -2.57. The van der Waals surface area contributed by atoms with Gasteiger partial charge in [0.2, 0.25) is 0 Å². The Labute approximate surface area is 132 Å². The molecule has 8 nitrogen and oxygen atoms in total. The zero-order valence-electron chi connectivity index (χ0n) is 12.7. The number of nitrogens with two attached hydrogens (primary N) is 1. The second kappa shape index (κ2) is 6.01. The van der Waals surface area contributed by atoms with Gasteiger partial charge < -0.3 is 21.1 Å². The third kappa shape index (κ3) is 2.81. The van der Waals surface area contributed by atoms with Gasteiger partial charge in [0.15, 0.2) is 0 Å². The van der Waals surface area contributed by atoms with Crippen LogP contribution in [0.3, 0.4) is 0 Å². The predicted octanol–water partition coefficient (Wildman–Crippen LogP) is -2.21. The topological polar surface area (TPSA) is 119 Å². The van der Waals surface area contributed by atoms with Crippen molar-refractivity contribution in [1.29, 1.82) is 0 Å². The van der Waals surface area contributed by atoms with Crippen molar-refractivity contribution in [1.82, 2.24) is 13.9 Å². The Morgan fingerprint density at radius 3 is 2.55 bits per heavy atom. The molecule has 3 saturated heterocycles. The molecule has 0 aromatic rings. The fraction of sp³-hybridized carbons (Fsp3) is 1.00. The third-order valence-electron chi connectivity index (χ3n) is 5.32. The van der Waals surface area contributed by atoms with Crippen molar-refractivity contribution in [2.75, 3.05) is 32.7 Å². The number of nitrogens with one attached hydrogen (secondary N) is 1. The highest BCUT2D eigenvalue weighted by atomic mass is 32.2. The molecule has 22 heavy (non-hydrogen) atoms. The molecule has 0 bridgehead atoms. The van der Waals surface area contributed by atoms with Crippen molar-refractivity contribution >= 4 is 17.3 Å². The van der Waals surface area contributed by atoms with E-state index in [9.17, 15) is 8.42 Å². The van der Waals surface area contributed by atoms with E-state index < -0.39 is 17.3 Å². The molecule has 3 aliphatic rings. The maximum atomic E-state index is 12.8. The lowest BCUT2D eigenvalue weighted by atomic mass is 9.82. The fourth-order valence-corrected chi connectivity index (χ4v) is 5.75. The van der Waals surface area contributed by atoms with E-state index in [2.05, 4.69) is 5.32 Å². The summed E-state index contributed by atoms with van der Waals surface area (Å²) in [5.41, 5.74) is 5.90. The van der Waals surface area contributed by atoms with Crippen LogP contribution in [-0.4, -0.2) is 78.5 Å². The van der Waals surface area contributed by atoms with Gasteiger partial charge in [-0.05, 0) is 25.1 Å². The van der Waals surface area contributed by atoms with Crippen molar-refractivity contribution in [3.8, 4) is 0 Å². The molecule has 10 heteroatoms. The number of nitrogens with zero attached hydrogens (tertiary/aromatic N) is 2. The van der Waals surface area contributed by atoms with Crippen LogP contribution in [-0.2, 0) is 10.2 Å². The Bertz CT molecular complexity index is 508. The summed E-state index contributed by atoms with van der Waals surface area (Å²) in [7, 11) is -4.73. The molecular weight excluding hydrogens is 307 g/mol. The predicted molar refractivity (Wildman–Crippen MR) is 83.1 cm³/mol. The summed E-state index contributed by atoms with van der Waals surface area (Å²) in [5, 5.41) is 20.9. The van der Waals surface area contributed by atoms with Gasteiger partial charge in [0, 0.05) is 38.8 Å². The maximum absolute atomic E-state index is 12.8. The van der Waals surface area contributed by atoms with Gasteiger partial charge in [-0.15, -0.1) is 0 Å². The van der Waals surface area contributed by atoms with Crippen LogP contribution in [0.15, 0.2) is 0 Å². The molecule has 3 heterocycles. The van der Waals surface area contributed by atoms with Crippen LogP contribution in [0.1, 0.15) is 19.3 Å². The first-order chi connectivity index (χ1) is 10.3. The van der Waals surface area contributed by atoms with Crippen LogP contribution in [0.25, 0.3) is 0 Å². The van der Waals surface area contributed by atoms with Crippen molar-refractivity contribution in [2.24, 2.45) is 11.7 Å². The highest BCUT2D eigenvalue weighted by Crippen LogP contribution is 2.39. The molecule has 3 aliphatic heterocycles. The zero-order chi connectivity index (χ0) is 16.0. The van der Waals surface area contributed by atoms with Crippen LogP contribution in [0.2, 0.25) is 6.32 Å². The van der Waals surface area contributed by atoms with Gasteiger partial charge in [0.05, 0.1) is 5.54 Å². The Kier molecular flexibility index (Phi) is 4.54. The molecule has 1 spiro atoms. The van der Waals surface area contributed by atoms with Gasteiger partial charge in [0.25, 0.3) is 10.2 Å². The molecule has 0 aromatic carbocycles. The maximum Gasteiger partial charge on any atom is 0.451 e. The number of hydrogen-bond donors (Lipinski definition) is 4. The molecule has 2 atom stereocenters. The van der Waals surface area contributed by atoms with E-state index in [1.165, 1.54) is 4.31 Å². The first kappa shape index (κ1) is 16.6. The molecule has 3 fully saturated rings. The Balaban J connectivity index is 1.59. The van der Waals surface area contributed by atoms with Gasteiger partial charge in [-0.3, -0.25) is 0 Å². The van der Waals surface area contributed by atoms with Gasteiger partial charge >= 0.3 is 7.12 Å². The Morgan fingerprint density at radius 2 is 2.05 bits per heavy atom. The summed E-state index contributed by atoms with van der Waals surface area (Å²) in [6.07, 6.45) is 2.59. The van der Waals surface area contributed by atoms with E-state index in [0.29, 0.717) is 32.4 Å². The molecule has 3 rings (SSSR count). The normalized spacial score (nSPS) is 32.0. The lowest BCUT2D eigenvalue weighted by molar-refractivity contribution is 0.0148. The first-order valence-electron chi connectivity index (χ1n) is 7.95. The summed E-state index contributed by atoms with van der Waals surface area (Å²) in [4.78, 5) is 0. The first-order valence-corrected chi connectivity index (χ1v) is 9.35. The van der Waals surface area contributed by atoms with Crippen molar-refractivity contribution < 1.29 is 18.5 Å². The molecule has 126 valence electrons. The number of hydrogen-bond acceptors (Lipinski definition) is 6. The molecule has 0 saturated carbocycles. The monoisotopic (exact) mass is 332 g/mol. The van der Waals surface area contributed by atoms with Crippen LogP contribution in [0, 0.1) is 5.92 Å². The standard InChI is InChI=1S/C12H25BN4O4S/c14-11-7-16(6-10(11)2-1-4-13(18)19)22(20,21)17-5-3-12(17)8-15-9-12/h10-11,15,18-19H,1-9,14H2/t10-,11-/m0/s1. The minimum atomic E-state index is -3.43. The van der Waals surface area contributed by atoms with Crippen LogP contribution in [0.5, 0.6) is 0 Å². The van der Waals surface area contributed by atoms with E-state index in [0.717, 1.165) is 25.9 Å². The molecule has 0 aliphatic carbocycles. The van der Waals surface area contributed by atoms with Crippen molar-refractivity contribution in [3.05, 3.63) is 0 Å². The molecule has 5 N–H and O–H groups in total. The SMILES string of the molecule is N[C@H]1CN(S(=O)(=O)N2CCC23CNC3)C[C@@H]1CCCB(O)O. The highest BCUT2D eigenvalue weighted by Gasteiger charge is 2.56. The van der Waals surface area contributed by atoms with Gasteiger partial charge in [-0.2, -0.15) is 17.0 Å². The lowest BCUT2D eigenvalue weighted by Crippen LogP contribution is -2.77. The second-order valence-corrected chi connectivity index (χ2v) is 8.66. The summed E-state index contributed by atoms with van der Waals surface area (Å²) in [5.74, 6) is 0.0882. The molecular formula is C12H25BN4O4S. The highest BCUT2D eigenvalue weighted by molar-refractivity contribution is 7.86. The average Bonchev–Trinajstić information content (AvgIpc) is 2.67. The van der Waals surface area contributed by atoms with Crippen molar-refractivity contribution in [3.63, 3.8) is 0 Å². The van der Waals surface area contributed by atoms with E-state index >= 15 is 0 Å². The summed E-state index contributed by atoms with van der Waals surface area (Å²) in [6.45, 7) is 2.87. The molecule has 0 unspecified atom stereocenters. The van der Waals surface area contributed by atoms with Crippen LogP contribution < -0.4 is 11.1 Å². The van der Waals surface area contributed by atoms with Gasteiger partial charge in [0.1, 0.15) is 0 Å². The summed E-state index contributed by atoms with van der Waals surface area (Å²) < 4.78 is 28.7. The van der Waals surface area contributed by atoms with Crippen LogP contribution in [0.4, 0.5) is 0 Å². The average molecular weight is 332 g/mol. The Morgan fingerprint density at radius 1 is 1.32 bits per heavy atom. The van der Waals surface area contributed by atoms with E-state index in [1.807, 2.05) is 0 Å². The quantitative estimate of drug-likeness (QED) is 0.410. The molecule has 0 radical (unpaired) electrons. The zero-order valence-corrected chi connectivity index (χ0v) is 13.5. The summed E-state index contributed by atoms with van der Waals surface area (Å²) in [6, 6.07) is -0.178. The molecule has 0 amide bonds. The third-order valence-corrected chi connectivity index (χ3v) is 7.40. The van der Waals surface area contributed by atoms with Crippen LogP contribution >= 0.6 is 0 Å². The fourth-order valence-electron chi connectivity index (χ4n) is 3.70. The number of rotatable bonds is 6. The smallest absolute Gasteiger partial charge is 0.427 e.